The quantitative estimate of drug-likeness (QED) is 0.414. The van der Waals surface area contributed by atoms with Gasteiger partial charge >= 0.3 is 0 Å². The van der Waals surface area contributed by atoms with Crippen molar-refractivity contribution in [3.8, 4) is 17.2 Å². The van der Waals surface area contributed by atoms with Gasteiger partial charge in [-0.2, -0.15) is 0 Å². The Morgan fingerprint density at radius 1 is 0.852 bits per heavy atom. The summed E-state index contributed by atoms with van der Waals surface area (Å²) in [4.78, 5) is 0. The number of rotatable bonds is 9. The van der Waals surface area contributed by atoms with E-state index in [1.807, 2.05) is 60.1 Å². The van der Waals surface area contributed by atoms with Crippen LogP contribution in [-0.4, -0.2) is 41.3 Å². The van der Waals surface area contributed by atoms with Gasteiger partial charge in [-0.1, -0.05) is 23.9 Å². The molecule has 6 nitrogen and oxygen atoms in total. The zero-order valence-corrected chi connectivity index (χ0v) is 16.5. The fraction of sp³-hybridized carbons (Fsp3) is 0.300. The van der Waals surface area contributed by atoms with E-state index in [1.54, 1.807) is 26.0 Å². The summed E-state index contributed by atoms with van der Waals surface area (Å²) in [5, 5.41) is 9.49. The molecule has 0 N–H and O–H groups in total. The minimum Gasteiger partial charge on any atom is -0.497 e. The summed E-state index contributed by atoms with van der Waals surface area (Å²) < 4.78 is 18.1. The van der Waals surface area contributed by atoms with Gasteiger partial charge in [0.05, 0.1) is 20.8 Å². The maximum absolute atomic E-state index is 5.75. The molecule has 0 radical (unpaired) electrons. The average molecular weight is 385 g/mol. The van der Waals surface area contributed by atoms with E-state index in [2.05, 4.69) is 10.2 Å². The standard InChI is InChI=1S/C20H23N3O3S/c1-23-19(14-15-4-6-16(24-2)7-5-15)21-22-20(23)27-13-12-26-18-10-8-17(25-3)9-11-18/h4-11H,12-14H2,1-3H3. The summed E-state index contributed by atoms with van der Waals surface area (Å²) in [6.07, 6.45) is 0.733. The molecule has 7 heteroatoms. The molecule has 142 valence electrons. The second-order valence-electron chi connectivity index (χ2n) is 5.86. The van der Waals surface area contributed by atoms with Crippen LogP contribution in [0.2, 0.25) is 0 Å². The highest BCUT2D eigenvalue weighted by Crippen LogP contribution is 2.20. The fourth-order valence-corrected chi connectivity index (χ4v) is 3.26. The second kappa shape index (κ2) is 9.32. The Kier molecular flexibility index (Phi) is 6.59. The highest BCUT2D eigenvalue weighted by molar-refractivity contribution is 7.99. The molecular weight excluding hydrogens is 362 g/mol. The molecule has 0 spiro atoms. The Hall–Kier alpha value is -2.67. The summed E-state index contributed by atoms with van der Waals surface area (Å²) >= 11 is 1.63. The van der Waals surface area contributed by atoms with E-state index < -0.39 is 0 Å². The van der Waals surface area contributed by atoms with Crippen LogP contribution in [0.5, 0.6) is 17.2 Å². The fourth-order valence-electron chi connectivity index (χ4n) is 2.52. The highest BCUT2D eigenvalue weighted by Gasteiger charge is 2.10. The van der Waals surface area contributed by atoms with Crippen molar-refractivity contribution in [2.75, 3.05) is 26.6 Å². The molecular formula is C20H23N3O3S. The number of aromatic nitrogens is 3. The Morgan fingerprint density at radius 2 is 1.44 bits per heavy atom. The van der Waals surface area contributed by atoms with E-state index in [0.717, 1.165) is 40.4 Å². The number of hydrogen-bond donors (Lipinski definition) is 0. The summed E-state index contributed by atoms with van der Waals surface area (Å²) in [7, 11) is 5.31. The van der Waals surface area contributed by atoms with E-state index in [-0.39, 0.29) is 0 Å². The summed E-state index contributed by atoms with van der Waals surface area (Å²) in [5.41, 5.74) is 1.17. The Morgan fingerprint density at radius 3 is 2.07 bits per heavy atom. The predicted molar refractivity (Wildman–Crippen MR) is 106 cm³/mol. The number of benzene rings is 2. The molecule has 1 heterocycles. The van der Waals surface area contributed by atoms with Crippen LogP contribution in [0.4, 0.5) is 0 Å². The molecule has 1 aromatic heterocycles. The van der Waals surface area contributed by atoms with E-state index in [0.29, 0.717) is 6.61 Å². The lowest BCUT2D eigenvalue weighted by Gasteiger charge is -2.07. The molecule has 3 rings (SSSR count). The van der Waals surface area contributed by atoms with Gasteiger partial charge in [-0.3, -0.25) is 0 Å². The van der Waals surface area contributed by atoms with E-state index in [9.17, 15) is 0 Å². The van der Waals surface area contributed by atoms with Crippen molar-refractivity contribution in [2.45, 2.75) is 11.6 Å². The zero-order valence-electron chi connectivity index (χ0n) is 15.7. The SMILES string of the molecule is COc1ccc(Cc2nnc(SCCOc3ccc(OC)cc3)n2C)cc1. The van der Waals surface area contributed by atoms with Gasteiger partial charge in [0.15, 0.2) is 5.16 Å². The third-order valence-electron chi connectivity index (χ3n) is 4.09. The molecule has 2 aromatic carbocycles. The van der Waals surface area contributed by atoms with Crippen molar-refractivity contribution < 1.29 is 14.2 Å². The van der Waals surface area contributed by atoms with E-state index in [1.165, 1.54) is 5.56 Å². The first kappa shape index (κ1) is 19.1. The van der Waals surface area contributed by atoms with Gasteiger partial charge in [0, 0.05) is 19.2 Å². The molecule has 0 bridgehead atoms. The van der Waals surface area contributed by atoms with Crippen LogP contribution in [0.25, 0.3) is 0 Å². The van der Waals surface area contributed by atoms with Gasteiger partial charge in [0.2, 0.25) is 0 Å². The number of thioether (sulfide) groups is 1. The van der Waals surface area contributed by atoms with Gasteiger partial charge in [-0.15, -0.1) is 10.2 Å². The van der Waals surface area contributed by atoms with E-state index >= 15 is 0 Å². The molecule has 3 aromatic rings. The lowest BCUT2D eigenvalue weighted by molar-refractivity contribution is 0.342. The van der Waals surface area contributed by atoms with Crippen molar-refractivity contribution >= 4 is 11.8 Å². The number of nitrogens with zero attached hydrogens (tertiary/aromatic N) is 3. The summed E-state index contributed by atoms with van der Waals surface area (Å²) in [5.74, 6) is 4.22. The first-order chi connectivity index (χ1) is 13.2. The molecule has 27 heavy (non-hydrogen) atoms. The highest BCUT2D eigenvalue weighted by atomic mass is 32.2. The molecule has 0 unspecified atom stereocenters. The smallest absolute Gasteiger partial charge is 0.191 e. The predicted octanol–water partition coefficient (Wildman–Crippen LogP) is 3.59. The normalized spacial score (nSPS) is 10.6. The first-order valence-electron chi connectivity index (χ1n) is 8.60. The molecule has 0 fully saturated rings. The average Bonchev–Trinajstić information content (AvgIpc) is 3.06. The third-order valence-corrected chi connectivity index (χ3v) is 5.07. The van der Waals surface area contributed by atoms with Gasteiger partial charge in [0.25, 0.3) is 0 Å². The Balaban J connectivity index is 1.49. The van der Waals surface area contributed by atoms with Crippen LogP contribution in [0.15, 0.2) is 53.7 Å². The van der Waals surface area contributed by atoms with Crippen LogP contribution in [-0.2, 0) is 13.5 Å². The number of ether oxygens (including phenoxy) is 3. The minimum atomic E-state index is 0.595. The zero-order chi connectivity index (χ0) is 19.1. The number of hydrogen-bond acceptors (Lipinski definition) is 6. The summed E-state index contributed by atoms with van der Waals surface area (Å²) in [6.45, 7) is 0.595. The van der Waals surface area contributed by atoms with Gasteiger partial charge in [-0.25, -0.2) is 0 Å². The van der Waals surface area contributed by atoms with Crippen molar-refractivity contribution in [3.63, 3.8) is 0 Å². The largest absolute Gasteiger partial charge is 0.497 e. The van der Waals surface area contributed by atoms with Crippen LogP contribution < -0.4 is 14.2 Å². The molecule has 0 amide bonds. The van der Waals surface area contributed by atoms with Crippen LogP contribution in [0, 0.1) is 0 Å². The minimum absolute atomic E-state index is 0.595. The topological polar surface area (TPSA) is 58.4 Å². The molecule has 0 saturated heterocycles. The third kappa shape index (κ3) is 5.17. The van der Waals surface area contributed by atoms with Gasteiger partial charge < -0.3 is 18.8 Å². The molecule has 0 aliphatic heterocycles. The van der Waals surface area contributed by atoms with Crippen molar-refractivity contribution in [1.82, 2.24) is 14.8 Å². The molecule has 0 aliphatic carbocycles. The maximum Gasteiger partial charge on any atom is 0.191 e. The molecule has 0 atom stereocenters. The maximum atomic E-state index is 5.75. The molecule has 0 aliphatic rings. The second-order valence-corrected chi connectivity index (χ2v) is 6.92. The Bertz CT molecular complexity index is 848. The van der Waals surface area contributed by atoms with Crippen LogP contribution in [0.1, 0.15) is 11.4 Å². The first-order valence-corrected chi connectivity index (χ1v) is 9.59. The molecule has 0 saturated carbocycles. The lowest BCUT2D eigenvalue weighted by atomic mass is 10.1. The van der Waals surface area contributed by atoms with Crippen LogP contribution in [0.3, 0.4) is 0 Å². The lowest BCUT2D eigenvalue weighted by Crippen LogP contribution is -2.03. The Labute approximate surface area is 163 Å². The van der Waals surface area contributed by atoms with E-state index in [4.69, 9.17) is 14.2 Å². The number of methoxy groups -OCH3 is 2. The van der Waals surface area contributed by atoms with Crippen molar-refractivity contribution in [1.29, 1.82) is 0 Å². The summed E-state index contributed by atoms with van der Waals surface area (Å²) in [6, 6.07) is 15.6. The van der Waals surface area contributed by atoms with Crippen LogP contribution >= 0.6 is 11.8 Å². The van der Waals surface area contributed by atoms with Crippen molar-refractivity contribution in [3.05, 3.63) is 59.9 Å². The van der Waals surface area contributed by atoms with Crippen molar-refractivity contribution in [2.24, 2.45) is 7.05 Å². The van der Waals surface area contributed by atoms with Gasteiger partial charge in [0.1, 0.15) is 23.1 Å². The van der Waals surface area contributed by atoms with Gasteiger partial charge in [-0.05, 0) is 42.0 Å². The monoisotopic (exact) mass is 385 g/mol.